The smallest absolute Gasteiger partial charge is 0.328 e. The fraction of sp³-hybridized carbons (Fsp3) is 0.0714. The Balaban J connectivity index is 2.11. The molecule has 0 aliphatic rings. The second-order valence-electron chi connectivity index (χ2n) is 4.21. The van der Waals surface area contributed by atoms with Crippen molar-refractivity contribution in [1.82, 2.24) is 4.98 Å². The van der Waals surface area contributed by atoms with Crippen molar-refractivity contribution in [3.8, 4) is 0 Å². The molecule has 21 heavy (non-hydrogen) atoms. The molecule has 0 fully saturated rings. The molecule has 5 nitrogen and oxygen atoms in total. The van der Waals surface area contributed by atoms with Gasteiger partial charge in [0.1, 0.15) is 5.82 Å². The number of carbonyl (C=O) groups excluding carboxylic acids is 1. The van der Waals surface area contributed by atoms with Crippen LogP contribution in [-0.4, -0.2) is 22.0 Å². The summed E-state index contributed by atoms with van der Waals surface area (Å²) >= 11 is 1.12. The van der Waals surface area contributed by atoms with Crippen molar-refractivity contribution in [2.75, 3.05) is 5.32 Å². The second-order valence-corrected chi connectivity index (χ2v) is 5.27. The van der Waals surface area contributed by atoms with Gasteiger partial charge < -0.3 is 5.11 Å². The number of aromatic nitrogens is 1. The lowest BCUT2D eigenvalue weighted by atomic mass is 10.1. The Labute approximate surface area is 123 Å². The van der Waals surface area contributed by atoms with Gasteiger partial charge in [0.25, 0.3) is 5.91 Å². The Morgan fingerprint density at radius 3 is 2.81 bits per heavy atom. The SMILES string of the molecule is Cc1cc(F)cc(C(=O)Nc2ncc(/C=C/C(=O)O)s2)c1. The Hall–Kier alpha value is -2.54. The van der Waals surface area contributed by atoms with Gasteiger partial charge >= 0.3 is 5.97 Å². The number of aryl methyl sites for hydroxylation is 1. The Kier molecular flexibility index (Phi) is 4.44. The first kappa shape index (κ1) is 14.9. The van der Waals surface area contributed by atoms with Crippen molar-refractivity contribution in [3.63, 3.8) is 0 Å². The van der Waals surface area contributed by atoms with Crippen molar-refractivity contribution in [2.45, 2.75) is 6.92 Å². The van der Waals surface area contributed by atoms with E-state index in [1.807, 2.05) is 0 Å². The fourth-order valence-electron chi connectivity index (χ4n) is 1.61. The van der Waals surface area contributed by atoms with Crippen LogP contribution in [0.5, 0.6) is 0 Å². The summed E-state index contributed by atoms with van der Waals surface area (Å²) in [5.74, 6) is -2.02. The molecule has 1 aromatic carbocycles. The summed E-state index contributed by atoms with van der Waals surface area (Å²) in [7, 11) is 0. The molecule has 0 spiro atoms. The molecule has 1 heterocycles. The molecule has 108 valence electrons. The molecule has 2 aromatic rings. The summed E-state index contributed by atoms with van der Waals surface area (Å²) in [5, 5.41) is 11.4. The highest BCUT2D eigenvalue weighted by atomic mass is 32.1. The monoisotopic (exact) mass is 306 g/mol. The molecule has 0 saturated carbocycles. The Bertz CT molecular complexity index is 705. The van der Waals surface area contributed by atoms with Gasteiger partial charge in [0.05, 0.1) is 0 Å². The van der Waals surface area contributed by atoms with E-state index in [1.165, 1.54) is 18.3 Å². The second kappa shape index (κ2) is 6.27. The van der Waals surface area contributed by atoms with Gasteiger partial charge in [-0.05, 0) is 36.8 Å². The highest BCUT2D eigenvalue weighted by Gasteiger charge is 2.10. The first-order chi connectivity index (χ1) is 9.94. The molecule has 0 atom stereocenters. The molecule has 2 N–H and O–H groups in total. The minimum atomic E-state index is -1.07. The van der Waals surface area contributed by atoms with Crippen molar-refractivity contribution in [2.24, 2.45) is 0 Å². The Morgan fingerprint density at radius 1 is 1.38 bits per heavy atom. The zero-order valence-corrected chi connectivity index (χ0v) is 11.8. The molecular formula is C14H11FN2O3S. The van der Waals surface area contributed by atoms with Crippen LogP contribution < -0.4 is 5.32 Å². The summed E-state index contributed by atoms with van der Waals surface area (Å²) in [6.07, 6.45) is 3.80. The van der Waals surface area contributed by atoms with Crippen molar-refractivity contribution < 1.29 is 19.1 Å². The zero-order valence-electron chi connectivity index (χ0n) is 11.0. The topological polar surface area (TPSA) is 79.3 Å². The molecular weight excluding hydrogens is 295 g/mol. The van der Waals surface area contributed by atoms with Crippen LogP contribution >= 0.6 is 11.3 Å². The molecule has 0 radical (unpaired) electrons. The molecule has 2 rings (SSSR count). The number of halogens is 1. The number of carboxylic acid groups (broad SMARTS) is 1. The number of nitrogens with zero attached hydrogens (tertiary/aromatic N) is 1. The molecule has 0 aliphatic carbocycles. The van der Waals surface area contributed by atoms with E-state index in [2.05, 4.69) is 10.3 Å². The van der Waals surface area contributed by atoms with E-state index in [0.29, 0.717) is 15.6 Å². The average molecular weight is 306 g/mol. The minimum Gasteiger partial charge on any atom is -0.478 e. The summed E-state index contributed by atoms with van der Waals surface area (Å²) in [4.78, 5) is 26.9. The lowest BCUT2D eigenvalue weighted by Gasteiger charge is -2.03. The van der Waals surface area contributed by atoms with E-state index in [0.717, 1.165) is 23.5 Å². The number of amides is 1. The third-order valence-corrected chi connectivity index (χ3v) is 3.32. The van der Waals surface area contributed by atoms with Gasteiger partial charge in [0.15, 0.2) is 5.13 Å². The van der Waals surface area contributed by atoms with Crippen molar-refractivity contribution in [1.29, 1.82) is 0 Å². The molecule has 0 bridgehead atoms. The molecule has 0 aliphatic heterocycles. The summed E-state index contributed by atoms with van der Waals surface area (Å²) in [6.45, 7) is 1.69. The van der Waals surface area contributed by atoms with Gasteiger partial charge in [-0.2, -0.15) is 0 Å². The number of carbonyl (C=O) groups is 2. The third kappa shape index (κ3) is 4.22. The van der Waals surface area contributed by atoms with Gasteiger partial charge in [0.2, 0.25) is 0 Å². The van der Waals surface area contributed by atoms with Gasteiger partial charge in [-0.3, -0.25) is 10.1 Å². The van der Waals surface area contributed by atoms with Gasteiger partial charge in [-0.25, -0.2) is 14.2 Å². The van der Waals surface area contributed by atoms with Crippen molar-refractivity contribution in [3.05, 3.63) is 52.3 Å². The number of nitrogens with one attached hydrogen (secondary N) is 1. The largest absolute Gasteiger partial charge is 0.478 e. The number of thiazole rings is 1. The molecule has 1 amide bonds. The van der Waals surface area contributed by atoms with Gasteiger partial charge in [-0.15, -0.1) is 0 Å². The van der Waals surface area contributed by atoms with E-state index in [1.54, 1.807) is 13.0 Å². The van der Waals surface area contributed by atoms with E-state index in [4.69, 9.17) is 5.11 Å². The van der Waals surface area contributed by atoms with E-state index < -0.39 is 17.7 Å². The Morgan fingerprint density at radius 2 is 2.14 bits per heavy atom. The van der Waals surface area contributed by atoms with Crippen LogP contribution in [0.25, 0.3) is 6.08 Å². The number of rotatable bonds is 4. The van der Waals surface area contributed by atoms with Gasteiger partial charge in [-0.1, -0.05) is 11.3 Å². The lowest BCUT2D eigenvalue weighted by Crippen LogP contribution is -2.12. The van der Waals surface area contributed by atoms with Crippen LogP contribution in [0.4, 0.5) is 9.52 Å². The molecule has 7 heteroatoms. The zero-order chi connectivity index (χ0) is 15.4. The normalized spacial score (nSPS) is 10.8. The van der Waals surface area contributed by atoms with Crippen LogP contribution in [0.15, 0.2) is 30.5 Å². The van der Waals surface area contributed by atoms with E-state index in [9.17, 15) is 14.0 Å². The quantitative estimate of drug-likeness (QED) is 0.851. The third-order valence-electron chi connectivity index (χ3n) is 2.44. The summed E-state index contributed by atoms with van der Waals surface area (Å²) in [6, 6.07) is 4.04. The number of hydrogen-bond acceptors (Lipinski definition) is 4. The number of anilines is 1. The van der Waals surface area contributed by atoms with Crippen molar-refractivity contribution >= 4 is 34.4 Å². The number of carboxylic acids is 1. The lowest BCUT2D eigenvalue weighted by molar-refractivity contribution is -0.131. The average Bonchev–Trinajstić information content (AvgIpc) is 2.83. The first-order valence-electron chi connectivity index (χ1n) is 5.89. The maximum Gasteiger partial charge on any atom is 0.328 e. The van der Waals surface area contributed by atoms with Crippen LogP contribution in [0.1, 0.15) is 20.8 Å². The van der Waals surface area contributed by atoms with Crippen LogP contribution in [0, 0.1) is 12.7 Å². The summed E-state index contributed by atoms with van der Waals surface area (Å²) < 4.78 is 13.2. The highest BCUT2D eigenvalue weighted by molar-refractivity contribution is 7.16. The number of hydrogen-bond donors (Lipinski definition) is 2. The van der Waals surface area contributed by atoms with Crippen LogP contribution in [0.3, 0.4) is 0 Å². The molecule has 1 aromatic heterocycles. The standard InChI is InChI=1S/C14H11FN2O3S/c1-8-4-9(6-10(15)5-8)13(20)17-14-16-7-11(21-14)2-3-12(18)19/h2-7H,1H3,(H,18,19)(H,16,17,20)/b3-2+. The fourth-order valence-corrected chi connectivity index (χ4v) is 2.33. The van der Waals surface area contributed by atoms with Gasteiger partial charge in [0, 0.05) is 22.7 Å². The number of aliphatic carboxylic acids is 1. The van der Waals surface area contributed by atoms with E-state index in [-0.39, 0.29) is 5.56 Å². The van der Waals surface area contributed by atoms with E-state index >= 15 is 0 Å². The molecule has 0 unspecified atom stereocenters. The minimum absolute atomic E-state index is 0.199. The maximum atomic E-state index is 13.2. The number of benzene rings is 1. The summed E-state index contributed by atoms with van der Waals surface area (Å²) in [5.41, 5.74) is 0.842. The van der Waals surface area contributed by atoms with Crippen LogP contribution in [0.2, 0.25) is 0 Å². The highest BCUT2D eigenvalue weighted by Crippen LogP contribution is 2.20. The van der Waals surface area contributed by atoms with Crippen LogP contribution in [-0.2, 0) is 4.79 Å². The predicted octanol–water partition coefficient (Wildman–Crippen LogP) is 2.94. The maximum absolute atomic E-state index is 13.2. The predicted molar refractivity (Wildman–Crippen MR) is 77.9 cm³/mol. The molecule has 0 saturated heterocycles. The first-order valence-corrected chi connectivity index (χ1v) is 6.71.